The highest BCUT2D eigenvalue weighted by molar-refractivity contribution is 6.00. The molecule has 8 aromatic carbocycles. The van der Waals surface area contributed by atoms with Crippen molar-refractivity contribution in [2.24, 2.45) is 0 Å². The fourth-order valence-corrected chi connectivity index (χ4v) is 5.94. The van der Waals surface area contributed by atoms with Gasteiger partial charge in [0, 0.05) is 0 Å². The van der Waals surface area contributed by atoms with Gasteiger partial charge in [-0.05, 0) is 126 Å². The van der Waals surface area contributed by atoms with Gasteiger partial charge in [-0.3, -0.25) is 0 Å². The Balaban J connectivity index is 0.915. The topological polar surface area (TPSA) is 9.23 Å². The van der Waals surface area contributed by atoms with Crippen LogP contribution in [-0.4, -0.2) is 0 Å². The van der Waals surface area contributed by atoms with Crippen molar-refractivity contribution in [2.45, 2.75) is 0 Å². The first-order chi connectivity index (χ1) is 22.2. The van der Waals surface area contributed by atoms with Crippen LogP contribution < -0.4 is 4.74 Å². The maximum atomic E-state index is 6.13. The predicted molar refractivity (Wildman–Crippen MR) is 194 cm³/mol. The third-order valence-electron chi connectivity index (χ3n) is 8.39. The first-order valence-corrected chi connectivity index (χ1v) is 15.3. The molecule has 0 atom stereocenters. The molecular formula is C44H30O. The molecule has 8 aromatic rings. The molecule has 45 heavy (non-hydrogen) atoms. The van der Waals surface area contributed by atoms with E-state index >= 15 is 0 Å². The lowest BCUT2D eigenvalue weighted by Crippen LogP contribution is -1.84. The molecular weight excluding hydrogens is 544 g/mol. The fraction of sp³-hybridized carbons (Fsp3) is 0. The van der Waals surface area contributed by atoms with Crippen molar-refractivity contribution in [3.8, 4) is 11.5 Å². The van der Waals surface area contributed by atoms with Crippen LogP contribution in [0.5, 0.6) is 11.5 Å². The van der Waals surface area contributed by atoms with E-state index < -0.39 is 0 Å². The van der Waals surface area contributed by atoms with Crippen molar-refractivity contribution >= 4 is 67.4 Å². The second-order valence-electron chi connectivity index (χ2n) is 11.5. The summed E-state index contributed by atoms with van der Waals surface area (Å²) in [6, 6.07) is 55.7. The number of rotatable bonds is 6. The standard InChI is InChI=1S/C44H30O/c1-3-7-37-29-41-25-33(13-19-39(41)27-35(37)5-1)11-9-31-15-21-43(22-16-31)45-44-23-17-32(18-24-44)10-12-34-14-20-40-28-36-6-2-4-8-38(36)30-42(40)26-34/h1-30H/b11-9+,12-10+. The second kappa shape index (κ2) is 11.6. The minimum atomic E-state index is 0.816. The summed E-state index contributed by atoms with van der Waals surface area (Å²) in [7, 11) is 0. The van der Waals surface area contributed by atoms with E-state index in [1.54, 1.807) is 0 Å². The zero-order valence-electron chi connectivity index (χ0n) is 24.7. The number of ether oxygens (including phenoxy) is 1. The van der Waals surface area contributed by atoms with Crippen LogP contribution in [0, 0.1) is 0 Å². The molecule has 0 aliphatic carbocycles. The van der Waals surface area contributed by atoms with Gasteiger partial charge in [0.2, 0.25) is 0 Å². The molecule has 8 rings (SSSR count). The van der Waals surface area contributed by atoms with E-state index in [4.69, 9.17) is 4.74 Å². The molecule has 0 unspecified atom stereocenters. The summed E-state index contributed by atoms with van der Waals surface area (Å²) in [6.45, 7) is 0. The van der Waals surface area contributed by atoms with Gasteiger partial charge in [0.05, 0.1) is 0 Å². The molecule has 1 nitrogen and oxygen atoms in total. The fourth-order valence-electron chi connectivity index (χ4n) is 5.94. The second-order valence-corrected chi connectivity index (χ2v) is 11.5. The molecule has 0 saturated carbocycles. The van der Waals surface area contributed by atoms with Crippen LogP contribution in [0.2, 0.25) is 0 Å². The number of fused-ring (bicyclic) bond motifs is 4. The van der Waals surface area contributed by atoms with Crippen molar-refractivity contribution in [2.75, 3.05) is 0 Å². The van der Waals surface area contributed by atoms with E-state index in [0.717, 1.165) is 22.6 Å². The van der Waals surface area contributed by atoms with Gasteiger partial charge in [0.25, 0.3) is 0 Å². The Labute approximate surface area is 263 Å². The lowest BCUT2D eigenvalue weighted by molar-refractivity contribution is 0.482. The highest BCUT2D eigenvalue weighted by Crippen LogP contribution is 2.27. The molecule has 0 spiro atoms. The normalized spacial score (nSPS) is 11.8. The zero-order valence-corrected chi connectivity index (χ0v) is 24.7. The van der Waals surface area contributed by atoms with Crippen molar-refractivity contribution in [3.05, 3.63) is 180 Å². The van der Waals surface area contributed by atoms with E-state index in [1.807, 2.05) is 24.3 Å². The third-order valence-corrected chi connectivity index (χ3v) is 8.39. The average Bonchev–Trinajstić information content (AvgIpc) is 3.09. The zero-order chi connectivity index (χ0) is 30.0. The van der Waals surface area contributed by atoms with Crippen molar-refractivity contribution < 1.29 is 4.74 Å². The maximum Gasteiger partial charge on any atom is 0.127 e. The molecule has 0 heterocycles. The van der Waals surface area contributed by atoms with E-state index in [0.29, 0.717) is 0 Å². The Kier molecular flexibility index (Phi) is 6.90. The van der Waals surface area contributed by atoms with E-state index in [9.17, 15) is 0 Å². The summed E-state index contributed by atoms with van der Waals surface area (Å²) in [5.41, 5.74) is 4.62. The molecule has 0 aliphatic heterocycles. The Morgan fingerprint density at radius 3 is 0.978 bits per heavy atom. The SMILES string of the molecule is C(=C\c1ccc2cc3ccccc3cc2c1)/c1ccc(Oc2ccc(/C=C/c3ccc4cc5ccccc5cc4c3)cc2)cc1. The Morgan fingerprint density at radius 1 is 0.267 bits per heavy atom. The van der Waals surface area contributed by atoms with E-state index in [2.05, 4.69) is 158 Å². The molecule has 0 aromatic heterocycles. The first kappa shape index (κ1) is 26.7. The first-order valence-electron chi connectivity index (χ1n) is 15.3. The van der Waals surface area contributed by atoms with Crippen LogP contribution in [0.1, 0.15) is 22.3 Å². The van der Waals surface area contributed by atoms with Gasteiger partial charge >= 0.3 is 0 Å². The van der Waals surface area contributed by atoms with Crippen molar-refractivity contribution in [1.29, 1.82) is 0 Å². The Hall–Kier alpha value is -5.92. The Bertz CT molecular complexity index is 2210. The molecule has 0 saturated heterocycles. The molecule has 0 fully saturated rings. The largest absolute Gasteiger partial charge is 0.457 e. The molecule has 1 heteroatoms. The van der Waals surface area contributed by atoms with Crippen LogP contribution in [0.25, 0.3) is 67.4 Å². The van der Waals surface area contributed by atoms with Gasteiger partial charge < -0.3 is 4.74 Å². The van der Waals surface area contributed by atoms with Crippen molar-refractivity contribution in [1.82, 2.24) is 0 Å². The summed E-state index contributed by atoms with van der Waals surface area (Å²) in [5, 5.41) is 10.1. The lowest BCUT2D eigenvalue weighted by Gasteiger charge is -2.07. The number of hydrogen-bond acceptors (Lipinski definition) is 1. The smallest absolute Gasteiger partial charge is 0.127 e. The summed E-state index contributed by atoms with van der Waals surface area (Å²) < 4.78 is 6.13. The van der Waals surface area contributed by atoms with Crippen LogP contribution in [-0.2, 0) is 0 Å². The molecule has 212 valence electrons. The van der Waals surface area contributed by atoms with Crippen molar-refractivity contribution in [3.63, 3.8) is 0 Å². The van der Waals surface area contributed by atoms with Gasteiger partial charge in [-0.1, -0.05) is 121 Å². The van der Waals surface area contributed by atoms with Crippen LogP contribution in [0.4, 0.5) is 0 Å². The van der Waals surface area contributed by atoms with E-state index in [-0.39, 0.29) is 0 Å². The van der Waals surface area contributed by atoms with Crippen LogP contribution in [0.3, 0.4) is 0 Å². The highest BCUT2D eigenvalue weighted by Gasteiger charge is 2.02. The molecule has 0 bridgehead atoms. The van der Waals surface area contributed by atoms with Gasteiger partial charge in [-0.15, -0.1) is 0 Å². The monoisotopic (exact) mass is 574 g/mol. The van der Waals surface area contributed by atoms with Gasteiger partial charge in [-0.25, -0.2) is 0 Å². The molecule has 0 radical (unpaired) electrons. The minimum absolute atomic E-state index is 0.816. The summed E-state index contributed by atoms with van der Waals surface area (Å²) in [4.78, 5) is 0. The number of hydrogen-bond donors (Lipinski definition) is 0. The summed E-state index contributed by atoms with van der Waals surface area (Å²) >= 11 is 0. The molecule has 0 amide bonds. The minimum Gasteiger partial charge on any atom is -0.457 e. The molecule has 0 N–H and O–H groups in total. The third kappa shape index (κ3) is 5.85. The quantitative estimate of drug-likeness (QED) is 0.142. The van der Waals surface area contributed by atoms with Crippen LogP contribution >= 0.6 is 0 Å². The predicted octanol–water partition coefficient (Wildman–Crippen LogP) is 12.4. The summed E-state index contributed by atoms with van der Waals surface area (Å²) in [5.74, 6) is 1.63. The van der Waals surface area contributed by atoms with E-state index in [1.165, 1.54) is 54.2 Å². The average molecular weight is 575 g/mol. The Morgan fingerprint density at radius 2 is 0.578 bits per heavy atom. The number of benzene rings is 8. The maximum absolute atomic E-state index is 6.13. The van der Waals surface area contributed by atoms with Gasteiger partial charge in [-0.2, -0.15) is 0 Å². The lowest BCUT2D eigenvalue weighted by atomic mass is 10.0. The molecule has 0 aliphatic rings. The van der Waals surface area contributed by atoms with Gasteiger partial charge in [0.1, 0.15) is 11.5 Å². The van der Waals surface area contributed by atoms with Crippen LogP contribution in [0.15, 0.2) is 158 Å². The highest BCUT2D eigenvalue weighted by atomic mass is 16.5. The van der Waals surface area contributed by atoms with Gasteiger partial charge in [0.15, 0.2) is 0 Å². The summed E-state index contributed by atoms with van der Waals surface area (Å²) in [6.07, 6.45) is 8.61.